The van der Waals surface area contributed by atoms with E-state index in [9.17, 15) is 18.4 Å². The average molecular weight is 286 g/mol. The Kier molecular flexibility index (Phi) is 5.01. The van der Waals surface area contributed by atoms with Crippen molar-refractivity contribution in [2.24, 2.45) is 0 Å². The van der Waals surface area contributed by atoms with Gasteiger partial charge in [-0.05, 0) is 38.0 Å². The van der Waals surface area contributed by atoms with Gasteiger partial charge in [0.15, 0.2) is 0 Å². The summed E-state index contributed by atoms with van der Waals surface area (Å²) < 4.78 is 25.8. The molecule has 0 saturated heterocycles. The van der Waals surface area contributed by atoms with Crippen LogP contribution in [0.4, 0.5) is 13.6 Å². The Balaban J connectivity index is 2.44. The van der Waals surface area contributed by atoms with Crippen molar-refractivity contribution in [1.29, 1.82) is 0 Å². The van der Waals surface area contributed by atoms with Crippen molar-refractivity contribution >= 4 is 12.0 Å². The maximum Gasteiger partial charge on any atom is 0.328 e. The van der Waals surface area contributed by atoms with Gasteiger partial charge in [0.05, 0.1) is 0 Å². The van der Waals surface area contributed by atoms with E-state index in [4.69, 9.17) is 5.11 Å². The van der Waals surface area contributed by atoms with E-state index >= 15 is 0 Å². The summed E-state index contributed by atoms with van der Waals surface area (Å²) in [5.74, 6) is -2.53. The number of hydrogen-bond donors (Lipinski definition) is 3. The summed E-state index contributed by atoms with van der Waals surface area (Å²) in [6, 6.07) is 2.45. The average Bonchev–Trinajstić information content (AvgIpc) is 2.26. The number of rotatable bonds is 5. The van der Waals surface area contributed by atoms with Gasteiger partial charge in [0, 0.05) is 12.6 Å². The number of amides is 2. The third-order valence-corrected chi connectivity index (χ3v) is 2.58. The fourth-order valence-electron chi connectivity index (χ4n) is 1.46. The van der Waals surface area contributed by atoms with E-state index in [0.29, 0.717) is 5.56 Å². The fourth-order valence-corrected chi connectivity index (χ4v) is 1.46. The molecule has 0 bridgehead atoms. The van der Waals surface area contributed by atoms with Crippen LogP contribution in [0.2, 0.25) is 0 Å². The predicted molar refractivity (Wildman–Crippen MR) is 68.3 cm³/mol. The first kappa shape index (κ1) is 15.9. The molecule has 0 aliphatic rings. The molecule has 0 atom stereocenters. The number of carboxylic acids is 1. The molecule has 3 N–H and O–H groups in total. The van der Waals surface area contributed by atoms with E-state index in [-0.39, 0.29) is 13.0 Å². The van der Waals surface area contributed by atoms with E-state index in [2.05, 4.69) is 10.6 Å². The Morgan fingerprint density at radius 2 is 1.75 bits per heavy atom. The summed E-state index contributed by atoms with van der Waals surface area (Å²) in [5, 5.41) is 13.5. The largest absolute Gasteiger partial charge is 0.480 e. The van der Waals surface area contributed by atoms with Crippen molar-refractivity contribution in [1.82, 2.24) is 10.6 Å². The van der Waals surface area contributed by atoms with Gasteiger partial charge in [0.2, 0.25) is 0 Å². The number of carbonyl (C=O) groups excluding carboxylic acids is 1. The number of nitrogens with one attached hydrogen (secondary N) is 2. The molecule has 20 heavy (non-hydrogen) atoms. The minimum Gasteiger partial charge on any atom is -0.480 e. The quantitative estimate of drug-likeness (QED) is 0.770. The summed E-state index contributed by atoms with van der Waals surface area (Å²) in [4.78, 5) is 22.3. The van der Waals surface area contributed by atoms with E-state index in [0.717, 1.165) is 6.07 Å². The molecule has 0 radical (unpaired) electrons. The maximum absolute atomic E-state index is 12.9. The van der Waals surface area contributed by atoms with Gasteiger partial charge in [-0.1, -0.05) is 0 Å². The molecule has 0 aliphatic carbocycles. The smallest absolute Gasteiger partial charge is 0.328 e. The van der Waals surface area contributed by atoms with Gasteiger partial charge in [-0.2, -0.15) is 0 Å². The molecule has 0 unspecified atom stereocenters. The second-order valence-electron chi connectivity index (χ2n) is 4.84. The number of urea groups is 1. The zero-order valence-electron chi connectivity index (χ0n) is 11.2. The summed E-state index contributed by atoms with van der Waals surface area (Å²) >= 11 is 0. The van der Waals surface area contributed by atoms with Crippen molar-refractivity contribution in [3.8, 4) is 0 Å². The third-order valence-electron chi connectivity index (χ3n) is 2.58. The van der Waals surface area contributed by atoms with Gasteiger partial charge in [0.1, 0.15) is 17.2 Å². The molecule has 5 nitrogen and oxygen atoms in total. The second kappa shape index (κ2) is 6.31. The Morgan fingerprint density at radius 1 is 1.20 bits per heavy atom. The Bertz CT molecular complexity index is 498. The SMILES string of the molecule is CC(C)(NC(=O)NCCc1cc(F)cc(F)c1)C(=O)O. The molecular weight excluding hydrogens is 270 g/mol. The summed E-state index contributed by atoms with van der Waals surface area (Å²) in [7, 11) is 0. The van der Waals surface area contributed by atoms with Gasteiger partial charge in [-0.15, -0.1) is 0 Å². The van der Waals surface area contributed by atoms with Crippen LogP contribution < -0.4 is 10.6 Å². The van der Waals surface area contributed by atoms with Crippen molar-refractivity contribution in [3.05, 3.63) is 35.4 Å². The summed E-state index contributed by atoms with van der Waals surface area (Å²) in [6.07, 6.45) is 0.232. The lowest BCUT2D eigenvalue weighted by Gasteiger charge is -2.21. The molecule has 7 heteroatoms. The van der Waals surface area contributed by atoms with E-state index < -0.39 is 29.2 Å². The van der Waals surface area contributed by atoms with Gasteiger partial charge in [0.25, 0.3) is 0 Å². The van der Waals surface area contributed by atoms with Crippen molar-refractivity contribution < 1.29 is 23.5 Å². The van der Waals surface area contributed by atoms with E-state index in [1.54, 1.807) is 0 Å². The number of hydrogen-bond acceptors (Lipinski definition) is 2. The van der Waals surface area contributed by atoms with Crippen molar-refractivity contribution in [2.75, 3.05) is 6.54 Å². The standard InChI is InChI=1S/C13H16F2N2O3/c1-13(2,11(18)19)17-12(20)16-4-3-8-5-9(14)7-10(15)6-8/h5-7H,3-4H2,1-2H3,(H,18,19)(H2,16,17,20). The number of carboxylic acid groups (broad SMARTS) is 1. The monoisotopic (exact) mass is 286 g/mol. The van der Waals surface area contributed by atoms with Crippen LogP contribution in [-0.2, 0) is 11.2 Å². The van der Waals surface area contributed by atoms with Crippen LogP contribution in [-0.4, -0.2) is 29.2 Å². The molecule has 0 aromatic heterocycles. The van der Waals surface area contributed by atoms with Crippen LogP contribution in [0, 0.1) is 11.6 Å². The zero-order valence-corrected chi connectivity index (χ0v) is 11.2. The minimum absolute atomic E-state index is 0.129. The summed E-state index contributed by atoms with van der Waals surface area (Å²) in [6.45, 7) is 2.82. The molecule has 1 rings (SSSR count). The highest BCUT2D eigenvalue weighted by Gasteiger charge is 2.28. The Morgan fingerprint density at radius 3 is 2.25 bits per heavy atom. The first-order valence-electron chi connectivity index (χ1n) is 5.95. The highest BCUT2D eigenvalue weighted by molar-refractivity contribution is 5.85. The van der Waals surface area contributed by atoms with Gasteiger partial charge < -0.3 is 15.7 Å². The number of halogens is 2. The van der Waals surface area contributed by atoms with Crippen LogP contribution >= 0.6 is 0 Å². The van der Waals surface area contributed by atoms with Crippen LogP contribution in [0.1, 0.15) is 19.4 Å². The molecule has 0 fully saturated rings. The number of aliphatic carboxylic acids is 1. The van der Waals surface area contributed by atoms with Crippen LogP contribution in [0.5, 0.6) is 0 Å². The second-order valence-corrected chi connectivity index (χ2v) is 4.84. The molecule has 1 aromatic rings. The van der Waals surface area contributed by atoms with Gasteiger partial charge in [-0.25, -0.2) is 18.4 Å². The molecule has 0 heterocycles. The first-order chi connectivity index (χ1) is 9.20. The third kappa shape index (κ3) is 4.83. The molecule has 2 amide bonds. The molecule has 0 saturated carbocycles. The number of benzene rings is 1. The predicted octanol–water partition coefficient (Wildman–Crippen LogP) is 1.67. The van der Waals surface area contributed by atoms with E-state index in [1.807, 2.05) is 0 Å². The van der Waals surface area contributed by atoms with Crippen LogP contribution in [0.3, 0.4) is 0 Å². The molecular formula is C13H16F2N2O3. The Hall–Kier alpha value is -2.18. The lowest BCUT2D eigenvalue weighted by molar-refractivity contribution is -0.142. The highest BCUT2D eigenvalue weighted by atomic mass is 19.1. The minimum atomic E-state index is -1.39. The highest BCUT2D eigenvalue weighted by Crippen LogP contribution is 2.08. The topological polar surface area (TPSA) is 78.4 Å². The van der Waals surface area contributed by atoms with Crippen molar-refractivity contribution in [2.45, 2.75) is 25.8 Å². The van der Waals surface area contributed by atoms with Crippen molar-refractivity contribution in [3.63, 3.8) is 0 Å². The molecule has 1 aromatic carbocycles. The Labute approximate surface area is 115 Å². The number of carbonyl (C=O) groups is 2. The van der Waals surface area contributed by atoms with Crippen LogP contribution in [0.15, 0.2) is 18.2 Å². The molecule has 0 spiro atoms. The lowest BCUT2D eigenvalue weighted by atomic mass is 10.1. The lowest BCUT2D eigenvalue weighted by Crippen LogP contribution is -2.53. The fraction of sp³-hybridized carbons (Fsp3) is 0.385. The van der Waals surface area contributed by atoms with Crippen LogP contribution in [0.25, 0.3) is 0 Å². The normalized spacial score (nSPS) is 11.0. The first-order valence-corrected chi connectivity index (χ1v) is 5.95. The summed E-state index contributed by atoms with van der Waals surface area (Å²) in [5.41, 5.74) is -0.991. The van der Waals surface area contributed by atoms with Gasteiger partial charge >= 0.3 is 12.0 Å². The van der Waals surface area contributed by atoms with E-state index in [1.165, 1.54) is 26.0 Å². The maximum atomic E-state index is 12.9. The zero-order chi connectivity index (χ0) is 15.3. The molecule has 0 aliphatic heterocycles. The molecule has 110 valence electrons. The van der Waals surface area contributed by atoms with Gasteiger partial charge in [-0.3, -0.25) is 0 Å².